The summed E-state index contributed by atoms with van der Waals surface area (Å²) in [5, 5.41) is 2.09. The minimum atomic E-state index is 0.879. The highest BCUT2D eigenvalue weighted by atomic mass is 79.9. The van der Waals surface area contributed by atoms with Gasteiger partial charge in [0.1, 0.15) is 5.82 Å². The van der Waals surface area contributed by atoms with Crippen molar-refractivity contribution < 1.29 is 0 Å². The van der Waals surface area contributed by atoms with E-state index < -0.39 is 0 Å². The summed E-state index contributed by atoms with van der Waals surface area (Å²) in [6.45, 7) is 0. The molecule has 2 aromatic heterocycles. The number of rotatable bonds is 2. The number of aromatic nitrogens is 2. The molecule has 2 heterocycles. The number of hydrogen-bond donors (Lipinski definition) is 1. The standard InChI is InChI=1S/C12H9BrN2S/c13-8-3-4-10-11(6-8)15-12(14-10)7-9-2-1-5-16-9/h1-6H,7H2,(H,14,15). The van der Waals surface area contributed by atoms with Crippen LogP contribution in [0, 0.1) is 0 Å². The molecule has 0 bridgehead atoms. The Hall–Kier alpha value is -1.13. The van der Waals surface area contributed by atoms with Crippen LogP contribution in [0.5, 0.6) is 0 Å². The Labute approximate surface area is 105 Å². The number of thiophene rings is 1. The first-order chi connectivity index (χ1) is 7.81. The minimum Gasteiger partial charge on any atom is -0.342 e. The lowest BCUT2D eigenvalue weighted by Crippen LogP contribution is -1.86. The molecule has 0 saturated heterocycles. The molecular formula is C12H9BrN2S. The van der Waals surface area contributed by atoms with Gasteiger partial charge in [-0.25, -0.2) is 4.98 Å². The average Bonchev–Trinajstić information content (AvgIpc) is 2.86. The third kappa shape index (κ3) is 1.90. The van der Waals surface area contributed by atoms with Gasteiger partial charge in [-0.3, -0.25) is 0 Å². The molecule has 0 fully saturated rings. The lowest BCUT2D eigenvalue weighted by Gasteiger charge is -1.90. The summed E-state index contributed by atoms with van der Waals surface area (Å²) in [4.78, 5) is 9.23. The fourth-order valence-electron chi connectivity index (χ4n) is 1.70. The molecule has 16 heavy (non-hydrogen) atoms. The largest absolute Gasteiger partial charge is 0.342 e. The highest BCUT2D eigenvalue weighted by molar-refractivity contribution is 9.10. The van der Waals surface area contributed by atoms with Gasteiger partial charge < -0.3 is 4.98 Å². The quantitative estimate of drug-likeness (QED) is 0.760. The Morgan fingerprint density at radius 3 is 3.06 bits per heavy atom. The van der Waals surface area contributed by atoms with Gasteiger partial charge >= 0.3 is 0 Å². The maximum absolute atomic E-state index is 4.56. The van der Waals surface area contributed by atoms with Crippen LogP contribution in [0.4, 0.5) is 0 Å². The summed E-state index contributed by atoms with van der Waals surface area (Å²) in [6.07, 6.45) is 0.879. The Kier molecular flexibility index (Phi) is 2.53. The highest BCUT2D eigenvalue weighted by Crippen LogP contribution is 2.19. The molecule has 0 saturated carbocycles. The molecule has 1 aromatic carbocycles. The maximum atomic E-state index is 4.56. The summed E-state index contributed by atoms with van der Waals surface area (Å²) < 4.78 is 1.08. The van der Waals surface area contributed by atoms with E-state index in [4.69, 9.17) is 0 Å². The van der Waals surface area contributed by atoms with Crippen LogP contribution in [-0.4, -0.2) is 9.97 Å². The lowest BCUT2D eigenvalue weighted by atomic mass is 10.3. The van der Waals surface area contributed by atoms with E-state index in [0.29, 0.717) is 0 Å². The topological polar surface area (TPSA) is 28.7 Å². The SMILES string of the molecule is Brc1ccc2nc(Cc3cccs3)[nH]c2c1. The van der Waals surface area contributed by atoms with E-state index in [2.05, 4.69) is 49.5 Å². The smallest absolute Gasteiger partial charge is 0.112 e. The van der Waals surface area contributed by atoms with Crippen molar-refractivity contribution in [1.82, 2.24) is 9.97 Å². The normalized spacial score (nSPS) is 11.1. The second-order valence-corrected chi connectivity index (χ2v) is 5.55. The van der Waals surface area contributed by atoms with E-state index in [0.717, 1.165) is 27.8 Å². The van der Waals surface area contributed by atoms with E-state index in [9.17, 15) is 0 Å². The van der Waals surface area contributed by atoms with E-state index in [1.807, 2.05) is 12.1 Å². The Morgan fingerprint density at radius 1 is 1.31 bits per heavy atom. The summed E-state index contributed by atoms with van der Waals surface area (Å²) in [6, 6.07) is 10.3. The Bertz CT molecular complexity index is 613. The fraction of sp³-hybridized carbons (Fsp3) is 0.0833. The van der Waals surface area contributed by atoms with Gasteiger partial charge in [0, 0.05) is 15.8 Å². The fourth-order valence-corrected chi connectivity index (χ4v) is 2.77. The molecule has 0 radical (unpaired) electrons. The molecule has 0 spiro atoms. The van der Waals surface area contributed by atoms with Crippen molar-refractivity contribution in [3.05, 3.63) is 50.9 Å². The molecule has 0 aliphatic carbocycles. The number of aromatic amines is 1. The molecule has 0 unspecified atom stereocenters. The van der Waals surface area contributed by atoms with Crippen LogP contribution in [0.1, 0.15) is 10.7 Å². The van der Waals surface area contributed by atoms with Gasteiger partial charge in [0.25, 0.3) is 0 Å². The molecule has 3 rings (SSSR count). The van der Waals surface area contributed by atoms with Crippen LogP contribution < -0.4 is 0 Å². The number of benzene rings is 1. The van der Waals surface area contributed by atoms with Gasteiger partial charge in [-0.05, 0) is 29.6 Å². The predicted octanol–water partition coefficient (Wildman–Crippen LogP) is 3.98. The van der Waals surface area contributed by atoms with Crippen LogP contribution in [0.15, 0.2) is 40.2 Å². The third-order valence-corrected chi connectivity index (χ3v) is 3.78. The van der Waals surface area contributed by atoms with Crippen LogP contribution >= 0.6 is 27.3 Å². The zero-order chi connectivity index (χ0) is 11.0. The Balaban J connectivity index is 1.99. The van der Waals surface area contributed by atoms with Crippen molar-refractivity contribution in [2.75, 3.05) is 0 Å². The molecule has 1 N–H and O–H groups in total. The van der Waals surface area contributed by atoms with Crippen LogP contribution in [0.25, 0.3) is 11.0 Å². The number of nitrogens with one attached hydrogen (secondary N) is 1. The first kappa shape index (κ1) is 10.1. The minimum absolute atomic E-state index is 0.879. The van der Waals surface area contributed by atoms with Gasteiger partial charge in [-0.2, -0.15) is 0 Å². The average molecular weight is 293 g/mol. The van der Waals surface area contributed by atoms with E-state index in [-0.39, 0.29) is 0 Å². The van der Waals surface area contributed by atoms with Crippen molar-refractivity contribution in [2.45, 2.75) is 6.42 Å². The van der Waals surface area contributed by atoms with E-state index >= 15 is 0 Å². The predicted molar refractivity (Wildman–Crippen MR) is 70.9 cm³/mol. The van der Waals surface area contributed by atoms with Gasteiger partial charge in [-0.1, -0.05) is 22.0 Å². The first-order valence-electron chi connectivity index (χ1n) is 4.98. The zero-order valence-electron chi connectivity index (χ0n) is 8.40. The number of nitrogens with zero attached hydrogens (tertiary/aromatic N) is 1. The van der Waals surface area contributed by atoms with Crippen LogP contribution in [0.3, 0.4) is 0 Å². The lowest BCUT2D eigenvalue weighted by molar-refractivity contribution is 1.06. The summed E-state index contributed by atoms with van der Waals surface area (Å²) in [7, 11) is 0. The third-order valence-electron chi connectivity index (χ3n) is 2.41. The second kappa shape index (κ2) is 4.03. The number of imidazole rings is 1. The van der Waals surface area contributed by atoms with Crippen LogP contribution in [0.2, 0.25) is 0 Å². The van der Waals surface area contributed by atoms with Crippen molar-refractivity contribution in [3.63, 3.8) is 0 Å². The Morgan fingerprint density at radius 2 is 2.25 bits per heavy atom. The second-order valence-electron chi connectivity index (χ2n) is 3.60. The molecule has 0 aliphatic heterocycles. The molecule has 0 atom stereocenters. The van der Waals surface area contributed by atoms with Gasteiger partial charge in [0.15, 0.2) is 0 Å². The number of halogens is 1. The molecule has 0 amide bonds. The maximum Gasteiger partial charge on any atom is 0.112 e. The monoisotopic (exact) mass is 292 g/mol. The van der Waals surface area contributed by atoms with Crippen molar-refractivity contribution >= 4 is 38.3 Å². The highest BCUT2D eigenvalue weighted by Gasteiger charge is 2.04. The summed E-state index contributed by atoms with van der Waals surface area (Å²) in [5.74, 6) is 1.02. The number of hydrogen-bond acceptors (Lipinski definition) is 2. The van der Waals surface area contributed by atoms with Crippen molar-refractivity contribution in [2.24, 2.45) is 0 Å². The van der Waals surface area contributed by atoms with Crippen molar-refractivity contribution in [1.29, 1.82) is 0 Å². The summed E-state index contributed by atoms with van der Waals surface area (Å²) in [5.41, 5.74) is 2.11. The molecule has 3 aromatic rings. The summed E-state index contributed by atoms with van der Waals surface area (Å²) >= 11 is 5.22. The first-order valence-corrected chi connectivity index (χ1v) is 6.65. The van der Waals surface area contributed by atoms with E-state index in [1.54, 1.807) is 11.3 Å². The molecule has 4 heteroatoms. The van der Waals surface area contributed by atoms with Gasteiger partial charge in [0.05, 0.1) is 11.0 Å². The molecule has 80 valence electrons. The van der Waals surface area contributed by atoms with E-state index in [1.165, 1.54) is 4.88 Å². The number of H-pyrrole nitrogens is 1. The van der Waals surface area contributed by atoms with Gasteiger partial charge in [0.2, 0.25) is 0 Å². The number of fused-ring (bicyclic) bond motifs is 1. The van der Waals surface area contributed by atoms with Crippen molar-refractivity contribution in [3.8, 4) is 0 Å². The van der Waals surface area contributed by atoms with Crippen LogP contribution in [-0.2, 0) is 6.42 Å². The zero-order valence-corrected chi connectivity index (χ0v) is 10.8. The molecule has 0 aliphatic rings. The van der Waals surface area contributed by atoms with Gasteiger partial charge in [-0.15, -0.1) is 11.3 Å². The molecular weight excluding hydrogens is 284 g/mol. The molecule has 2 nitrogen and oxygen atoms in total.